The summed E-state index contributed by atoms with van der Waals surface area (Å²) in [6, 6.07) is 11.8. The van der Waals surface area contributed by atoms with Crippen molar-refractivity contribution in [2.75, 3.05) is 18.4 Å². The summed E-state index contributed by atoms with van der Waals surface area (Å²) < 4.78 is 1.65. The predicted molar refractivity (Wildman–Crippen MR) is 98.1 cm³/mol. The van der Waals surface area contributed by atoms with E-state index in [-0.39, 0.29) is 5.91 Å². The van der Waals surface area contributed by atoms with Gasteiger partial charge in [0.15, 0.2) is 0 Å². The lowest BCUT2D eigenvalue weighted by atomic mass is 10.0. The maximum absolute atomic E-state index is 12.8. The van der Waals surface area contributed by atoms with E-state index in [9.17, 15) is 4.79 Å². The minimum atomic E-state index is 0.0618. The van der Waals surface area contributed by atoms with Crippen LogP contribution in [0.3, 0.4) is 0 Å². The first kappa shape index (κ1) is 16.3. The van der Waals surface area contributed by atoms with E-state index in [4.69, 9.17) is 0 Å². The molecule has 0 spiro atoms. The molecule has 0 atom stereocenters. The van der Waals surface area contributed by atoms with Crippen LogP contribution in [-0.2, 0) is 0 Å². The Morgan fingerprint density at radius 2 is 2.00 bits per heavy atom. The van der Waals surface area contributed by atoms with Crippen LogP contribution in [0.5, 0.6) is 0 Å². The van der Waals surface area contributed by atoms with E-state index in [0.717, 1.165) is 37.3 Å². The standard InChI is InChI=1S/C19H20N6O/c26-19(15-3-1-5-18(11-15)25-14-21-13-22-25)24-9-6-16(7-10-24)23-17-4-2-8-20-12-17/h1-5,8,11-14,16,23H,6-7,9-10H2. The van der Waals surface area contributed by atoms with Gasteiger partial charge in [-0.05, 0) is 43.2 Å². The number of piperidine rings is 1. The minimum Gasteiger partial charge on any atom is -0.381 e. The Hall–Kier alpha value is -3.22. The molecule has 0 aliphatic carbocycles. The van der Waals surface area contributed by atoms with E-state index < -0.39 is 0 Å². The molecule has 1 aliphatic heterocycles. The van der Waals surface area contributed by atoms with Crippen LogP contribution in [0.2, 0.25) is 0 Å². The summed E-state index contributed by atoms with van der Waals surface area (Å²) in [4.78, 5) is 22.8. The number of likely N-dealkylation sites (tertiary alicyclic amines) is 1. The van der Waals surface area contributed by atoms with Crippen LogP contribution < -0.4 is 5.32 Å². The van der Waals surface area contributed by atoms with Crippen molar-refractivity contribution in [2.45, 2.75) is 18.9 Å². The van der Waals surface area contributed by atoms with Crippen LogP contribution in [0.15, 0.2) is 61.4 Å². The summed E-state index contributed by atoms with van der Waals surface area (Å²) in [6.45, 7) is 1.48. The highest BCUT2D eigenvalue weighted by molar-refractivity contribution is 5.94. The van der Waals surface area contributed by atoms with E-state index >= 15 is 0 Å². The number of hydrogen-bond donors (Lipinski definition) is 1. The summed E-state index contributed by atoms with van der Waals surface area (Å²) in [7, 11) is 0. The van der Waals surface area contributed by atoms with Crippen LogP contribution >= 0.6 is 0 Å². The van der Waals surface area contributed by atoms with Crippen molar-refractivity contribution in [1.82, 2.24) is 24.6 Å². The fourth-order valence-electron chi connectivity index (χ4n) is 3.22. The van der Waals surface area contributed by atoms with Crippen molar-refractivity contribution in [3.63, 3.8) is 0 Å². The van der Waals surface area contributed by atoms with Crippen molar-refractivity contribution in [3.8, 4) is 5.69 Å². The van der Waals surface area contributed by atoms with Crippen molar-refractivity contribution in [2.24, 2.45) is 0 Å². The van der Waals surface area contributed by atoms with Crippen LogP contribution in [0.4, 0.5) is 5.69 Å². The van der Waals surface area contributed by atoms with E-state index in [1.54, 1.807) is 17.2 Å². The fourth-order valence-corrected chi connectivity index (χ4v) is 3.22. The average Bonchev–Trinajstić information content (AvgIpc) is 3.24. The van der Waals surface area contributed by atoms with Gasteiger partial charge in [-0.15, -0.1) is 0 Å². The van der Waals surface area contributed by atoms with Crippen molar-refractivity contribution >= 4 is 11.6 Å². The van der Waals surface area contributed by atoms with E-state index in [2.05, 4.69) is 20.4 Å². The molecule has 3 aromatic rings. The highest BCUT2D eigenvalue weighted by atomic mass is 16.2. The number of pyridine rings is 1. The summed E-state index contributed by atoms with van der Waals surface area (Å²) in [6.07, 6.45) is 8.54. The third-order valence-electron chi connectivity index (χ3n) is 4.59. The van der Waals surface area contributed by atoms with Gasteiger partial charge >= 0.3 is 0 Å². The Labute approximate surface area is 151 Å². The molecule has 1 N–H and O–H groups in total. The molecule has 0 unspecified atom stereocenters. The highest BCUT2D eigenvalue weighted by Gasteiger charge is 2.23. The smallest absolute Gasteiger partial charge is 0.253 e. The normalized spacial score (nSPS) is 15.0. The molecule has 0 bridgehead atoms. The summed E-state index contributed by atoms with van der Waals surface area (Å²) in [5.74, 6) is 0.0618. The molecule has 7 heteroatoms. The van der Waals surface area contributed by atoms with Gasteiger partial charge in [0.2, 0.25) is 0 Å². The summed E-state index contributed by atoms with van der Waals surface area (Å²) in [5, 5.41) is 7.61. The van der Waals surface area contributed by atoms with E-state index in [0.29, 0.717) is 11.6 Å². The number of amides is 1. The number of aromatic nitrogens is 4. The molecule has 132 valence electrons. The lowest BCUT2D eigenvalue weighted by molar-refractivity contribution is 0.0718. The summed E-state index contributed by atoms with van der Waals surface area (Å²) in [5.41, 5.74) is 2.54. The monoisotopic (exact) mass is 348 g/mol. The lowest BCUT2D eigenvalue weighted by Gasteiger charge is -2.33. The molecule has 2 aromatic heterocycles. The second kappa shape index (κ2) is 7.35. The molecule has 1 aliphatic rings. The zero-order valence-electron chi connectivity index (χ0n) is 14.3. The fraction of sp³-hybridized carbons (Fsp3) is 0.263. The Morgan fingerprint density at radius 3 is 2.73 bits per heavy atom. The molecule has 3 heterocycles. The molecule has 1 saturated heterocycles. The topological polar surface area (TPSA) is 75.9 Å². The molecule has 1 amide bonds. The summed E-state index contributed by atoms with van der Waals surface area (Å²) >= 11 is 0. The Bertz CT molecular complexity index is 857. The molecule has 1 aromatic carbocycles. The minimum absolute atomic E-state index is 0.0618. The van der Waals surface area contributed by atoms with Crippen molar-refractivity contribution in [1.29, 1.82) is 0 Å². The molecule has 0 radical (unpaired) electrons. The maximum atomic E-state index is 12.8. The number of carbonyl (C=O) groups excluding carboxylic acids is 1. The molecule has 4 rings (SSSR count). The van der Waals surface area contributed by atoms with Gasteiger partial charge in [-0.1, -0.05) is 6.07 Å². The number of benzene rings is 1. The number of anilines is 1. The third kappa shape index (κ3) is 3.56. The Morgan fingerprint density at radius 1 is 1.12 bits per heavy atom. The van der Waals surface area contributed by atoms with Gasteiger partial charge in [-0.3, -0.25) is 9.78 Å². The van der Waals surface area contributed by atoms with E-state index in [1.165, 1.54) is 6.33 Å². The van der Waals surface area contributed by atoms with Crippen LogP contribution in [-0.4, -0.2) is 49.7 Å². The van der Waals surface area contributed by atoms with Gasteiger partial charge < -0.3 is 10.2 Å². The van der Waals surface area contributed by atoms with Gasteiger partial charge in [0.05, 0.1) is 11.4 Å². The van der Waals surface area contributed by atoms with Crippen molar-refractivity contribution < 1.29 is 4.79 Å². The second-order valence-corrected chi connectivity index (χ2v) is 6.34. The van der Waals surface area contributed by atoms with E-state index in [1.807, 2.05) is 47.5 Å². The first-order valence-corrected chi connectivity index (χ1v) is 8.70. The van der Waals surface area contributed by atoms with Gasteiger partial charge in [0.1, 0.15) is 12.7 Å². The number of nitrogens with one attached hydrogen (secondary N) is 1. The number of carbonyl (C=O) groups is 1. The average molecular weight is 348 g/mol. The molecular weight excluding hydrogens is 328 g/mol. The Kier molecular flexibility index (Phi) is 4.59. The third-order valence-corrected chi connectivity index (χ3v) is 4.59. The quantitative estimate of drug-likeness (QED) is 0.783. The largest absolute Gasteiger partial charge is 0.381 e. The van der Waals surface area contributed by atoms with Crippen LogP contribution in [0.1, 0.15) is 23.2 Å². The lowest BCUT2D eigenvalue weighted by Crippen LogP contribution is -2.42. The molecule has 26 heavy (non-hydrogen) atoms. The number of hydrogen-bond acceptors (Lipinski definition) is 5. The molecule has 7 nitrogen and oxygen atoms in total. The highest BCUT2D eigenvalue weighted by Crippen LogP contribution is 2.19. The zero-order valence-corrected chi connectivity index (χ0v) is 14.3. The van der Waals surface area contributed by atoms with Gasteiger partial charge in [-0.2, -0.15) is 5.10 Å². The zero-order chi connectivity index (χ0) is 17.8. The predicted octanol–water partition coefficient (Wildman–Crippen LogP) is 2.38. The molecular formula is C19H20N6O. The Balaban J connectivity index is 1.39. The maximum Gasteiger partial charge on any atom is 0.253 e. The number of nitrogens with zero attached hydrogens (tertiary/aromatic N) is 5. The second-order valence-electron chi connectivity index (χ2n) is 6.34. The number of rotatable bonds is 4. The molecule has 1 fully saturated rings. The van der Waals surface area contributed by atoms with Gasteiger partial charge in [0, 0.05) is 37.1 Å². The van der Waals surface area contributed by atoms with Gasteiger partial charge in [-0.25, -0.2) is 9.67 Å². The van der Waals surface area contributed by atoms with Gasteiger partial charge in [0.25, 0.3) is 5.91 Å². The van der Waals surface area contributed by atoms with Crippen LogP contribution in [0, 0.1) is 0 Å². The SMILES string of the molecule is O=C(c1cccc(-n2cncn2)c1)N1CCC(Nc2cccnc2)CC1. The molecule has 0 saturated carbocycles. The van der Waals surface area contributed by atoms with Crippen LogP contribution in [0.25, 0.3) is 5.69 Å². The van der Waals surface area contributed by atoms with Crippen molar-refractivity contribution in [3.05, 3.63) is 67.0 Å². The first-order chi connectivity index (χ1) is 12.8. The first-order valence-electron chi connectivity index (χ1n) is 8.70.